The number of unbranched alkanes of at least 4 members (excludes halogenated alkanes) is 1. The van der Waals surface area contributed by atoms with Gasteiger partial charge < -0.3 is 15.0 Å². The Morgan fingerprint density at radius 2 is 1.80 bits per heavy atom. The molecule has 1 N–H and O–H groups in total. The fraction of sp³-hybridized carbons (Fsp3) is 0.375. The van der Waals surface area contributed by atoms with Gasteiger partial charge in [0.05, 0.1) is 18.1 Å². The monoisotopic (exact) mass is 408 g/mol. The van der Waals surface area contributed by atoms with Crippen LogP contribution in [0, 0.1) is 12.8 Å². The van der Waals surface area contributed by atoms with E-state index in [0.29, 0.717) is 30.9 Å². The predicted octanol–water partition coefficient (Wildman–Crippen LogP) is 3.94. The fourth-order valence-electron chi connectivity index (χ4n) is 3.34. The van der Waals surface area contributed by atoms with Gasteiger partial charge in [-0.2, -0.15) is 0 Å². The van der Waals surface area contributed by atoms with Gasteiger partial charge in [-0.25, -0.2) is 4.79 Å². The molecule has 1 atom stereocenters. The lowest BCUT2D eigenvalue weighted by Gasteiger charge is -2.17. The van der Waals surface area contributed by atoms with Crippen LogP contribution in [0.3, 0.4) is 0 Å². The molecule has 3 rings (SSSR count). The molecule has 1 aliphatic heterocycles. The number of anilines is 1. The summed E-state index contributed by atoms with van der Waals surface area (Å²) in [6.07, 6.45) is 2.00. The van der Waals surface area contributed by atoms with Crippen LogP contribution < -0.4 is 5.32 Å². The van der Waals surface area contributed by atoms with Crippen LogP contribution in [0.2, 0.25) is 0 Å². The minimum absolute atomic E-state index is 0.0131. The molecule has 1 fully saturated rings. The Bertz CT molecular complexity index is 890. The number of carbonyl (C=O) groups is 3. The Morgan fingerprint density at radius 3 is 2.47 bits per heavy atom. The number of esters is 1. The summed E-state index contributed by atoms with van der Waals surface area (Å²) in [4.78, 5) is 38.6. The van der Waals surface area contributed by atoms with Crippen molar-refractivity contribution in [1.29, 1.82) is 0 Å². The lowest BCUT2D eigenvalue weighted by atomic mass is 10.1. The summed E-state index contributed by atoms with van der Waals surface area (Å²) in [5.74, 6) is -0.954. The summed E-state index contributed by atoms with van der Waals surface area (Å²) in [7, 11) is 0. The second-order valence-electron chi connectivity index (χ2n) is 7.72. The molecule has 0 spiro atoms. The minimum Gasteiger partial charge on any atom is -0.462 e. The Hall–Kier alpha value is -3.15. The van der Waals surface area contributed by atoms with Gasteiger partial charge in [0.2, 0.25) is 11.8 Å². The van der Waals surface area contributed by atoms with E-state index in [4.69, 9.17) is 4.74 Å². The second-order valence-corrected chi connectivity index (χ2v) is 7.72. The lowest BCUT2D eigenvalue weighted by Crippen LogP contribution is -2.28. The van der Waals surface area contributed by atoms with Crippen LogP contribution in [0.15, 0.2) is 48.5 Å². The number of rotatable bonds is 8. The molecule has 0 radical (unpaired) electrons. The molecule has 2 aromatic rings. The molecule has 30 heavy (non-hydrogen) atoms. The number of carbonyl (C=O) groups excluding carboxylic acids is 3. The first-order chi connectivity index (χ1) is 14.5. The molecule has 0 bridgehead atoms. The lowest BCUT2D eigenvalue weighted by molar-refractivity contribution is -0.128. The highest BCUT2D eigenvalue weighted by atomic mass is 16.5. The summed E-state index contributed by atoms with van der Waals surface area (Å²) >= 11 is 0. The second kappa shape index (κ2) is 10.1. The summed E-state index contributed by atoms with van der Waals surface area (Å²) in [5, 5.41) is 2.84. The van der Waals surface area contributed by atoms with Crippen molar-refractivity contribution in [2.24, 2.45) is 5.92 Å². The number of nitrogens with one attached hydrogen (secondary N) is 1. The zero-order valence-corrected chi connectivity index (χ0v) is 17.5. The molecule has 0 saturated carbocycles. The fourth-order valence-corrected chi connectivity index (χ4v) is 3.34. The topological polar surface area (TPSA) is 75.7 Å². The molecule has 6 heteroatoms. The molecule has 2 amide bonds. The third-order valence-electron chi connectivity index (χ3n) is 5.20. The average Bonchev–Trinajstić information content (AvgIpc) is 3.11. The van der Waals surface area contributed by atoms with E-state index in [-0.39, 0.29) is 30.1 Å². The Kier molecular flexibility index (Phi) is 7.22. The van der Waals surface area contributed by atoms with Crippen LogP contribution in [0.1, 0.15) is 47.7 Å². The highest BCUT2D eigenvalue weighted by Gasteiger charge is 2.34. The molecule has 1 unspecified atom stereocenters. The number of likely N-dealkylation sites (tertiary alicyclic amines) is 1. The van der Waals surface area contributed by atoms with Crippen molar-refractivity contribution >= 4 is 23.5 Å². The number of benzene rings is 2. The van der Waals surface area contributed by atoms with E-state index in [0.717, 1.165) is 18.4 Å². The highest BCUT2D eigenvalue weighted by molar-refractivity contribution is 5.97. The van der Waals surface area contributed by atoms with E-state index in [1.807, 2.05) is 38.1 Å². The van der Waals surface area contributed by atoms with E-state index < -0.39 is 0 Å². The van der Waals surface area contributed by atoms with Gasteiger partial charge >= 0.3 is 5.97 Å². The van der Waals surface area contributed by atoms with Gasteiger partial charge in [-0.05, 0) is 43.2 Å². The number of aryl methyl sites for hydroxylation is 1. The van der Waals surface area contributed by atoms with Crippen LogP contribution >= 0.6 is 0 Å². The molecule has 0 aromatic heterocycles. The maximum atomic E-state index is 12.6. The smallest absolute Gasteiger partial charge is 0.338 e. The standard InChI is InChI=1S/C24H28N2O4/c1-3-4-13-30-24(29)19-9-11-21(12-10-19)25-23(28)20-14-22(27)26(16-20)15-18-7-5-17(2)6-8-18/h5-12,20H,3-4,13-16H2,1-2H3,(H,25,28). The third kappa shape index (κ3) is 5.69. The van der Waals surface area contributed by atoms with E-state index in [9.17, 15) is 14.4 Å². The van der Waals surface area contributed by atoms with Gasteiger partial charge in [0.25, 0.3) is 0 Å². The van der Waals surface area contributed by atoms with Crippen LogP contribution in [0.25, 0.3) is 0 Å². The van der Waals surface area contributed by atoms with E-state index >= 15 is 0 Å². The molecule has 1 aliphatic rings. The molecule has 2 aromatic carbocycles. The molecule has 1 saturated heterocycles. The number of hydrogen-bond donors (Lipinski definition) is 1. The van der Waals surface area contributed by atoms with Gasteiger partial charge in [-0.15, -0.1) is 0 Å². The van der Waals surface area contributed by atoms with Crippen molar-refractivity contribution in [3.8, 4) is 0 Å². The molecule has 6 nitrogen and oxygen atoms in total. The summed E-state index contributed by atoms with van der Waals surface area (Å²) < 4.78 is 5.18. The average molecular weight is 408 g/mol. The number of nitrogens with zero attached hydrogens (tertiary/aromatic N) is 1. The molecule has 158 valence electrons. The van der Waals surface area contributed by atoms with Gasteiger partial charge in [0.1, 0.15) is 0 Å². The van der Waals surface area contributed by atoms with Crippen molar-refractivity contribution in [3.05, 3.63) is 65.2 Å². The quantitative estimate of drug-likeness (QED) is 0.530. The predicted molar refractivity (Wildman–Crippen MR) is 115 cm³/mol. The van der Waals surface area contributed by atoms with E-state index in [2.05, 4.69) is 5.32 Å². The highest BCUT2D eigenvalue weighted by Crippen LogP contribution is 2.22. The first-order valence-corrected chi connectivity index (χ1v) is 10.4. The molecule has 0 aliphatic carbocycles. The Morgan fingerprint density at radius 1 is 1.10 bits per heavy atom. The van der Waals surface area contributed by atoms with Gasteiger partial charge in [0, 0.05) is 25.2 Å². The maximum Gasteiger partial charge on any atom is 0.338 e. The summed E-state index contributed by atoms with van der Waals surface area (Å²) in [6, 6.07) is 14.7. The van der Waals surface area contributed by atoms with Gasteiger partial charge in [-0.1, -0.05) is 43.2 Å². The van der Waals surface area contributed by atoms with Crippen LogP contribution in [0.4, 0.5) is 5.69 Å². The zero-order valence-electron chi connectivity index (χ0n) is 17.5. The zero-order chi connectivity index (χ0) is 21.5. The number of ether oxygens (including phenoxy) is 1. The SMILES string of the molecule is CCCCOC(=O)c1ccc(NC(=O)C2CC(=O)N(Cc3ccc(C)cc3)C2)cc1. The van der Waals surface area contributed by atoms with Gasteiger partial charge in [0.15, 0.2) is 0 Å². The first-order valence-electron chi connectivity index (χ1n) is 10.4. The normalized spacial score (nSPS) is 15.9. The minimum atomic E-state index is -0.387. The molecular formula is C24H28N2O4. The summed E-state index contributed by atoms with van der Waals surface area (Å²) in [6.45, 7) is 5.37. The molecular weight excluding hydrogens is 380 g/mol. The Labute approximate surface area is 177 Å². The van der Waals surface area contributed by atoms with Crippen molar-refractivity contribution < 1.29 is 19.1 Å². The maximum absolute atomic E-state index is 12.6. The first kappa shape index (κ1) is 21.6. The number of amides is 2. The van der Waals surface area contributed by atoms with Crippen LogP contribution in [-0.2, 0) is 20.9 Å². The van der Waals surface area contributed by atoms with Crippen molar-refractivity contribution in [1.82, 2.24) is 4.90 Å². The Balaban J connectivity index is 1.52. The summed E-state index contributed by atoms with van der Waals surface area (Å²) in [5.41, 5.74) is 3.26. The molecule has 1 heterocycles. The van der Waals surface area contributed by atoms with Crippen molar-refractivity contribution in [2.45, 2.75) is 39.7 Å². The van der Waals surface area contributed by atoms with Crippen LogP contribution in [-0.4, -0.2) is 35.8 Å². The van der Waals surface area contributed by atoms with Crippen molar-refractivity contribution in [3.63, 3.8) is 0 Å². The van der Waals surface area contributed by atoms with E-state index in [1.165, 1.54) is 5.56 Å². The van der Waals surface area contributed by atoms with Crippen LogP contribution in [0.5, 0.6) is 0 Å². The largest absolute Gasteiger partial charge is 0.462 e. The van der Waals surface area contributed by atoms with Crippen molar-refractivity contribution in [2.75, 3.05) is 18.5 Å². The van der Waals surface area contributed by atoms with Gasteiger partial charge in [-0.3, -0.25) is 9.59 Å². The third-order valence-corrected chi connectivity index (χ3v) is 5.20. The van der Waals surface area contributed by atoms with E-state index in [1.54, 1.807) is 29.2 Å². The number of hydrogen-bond acceptors (Lipinski definition) is 4.